The van der Waals surface area contributed by atoms with Gasteiger partial charge in [0.2, 0.25) is 0 Å². The fourth-order valence-corrected chi connectivity index (χ4v) is 4.11. The van der Waals surface area contributed by atoms with E-state index in [9.17, 15) is 13.2 Å². The van der Waals surface area contributed by atoms with Crippen LogP contribution in [-0.2, 0) is 9.84 Å². The van der Waals surface area contributed by atoms with Crippen molar-refractivity contribution in [1.82, 2.24) is 9.55 Å². The Kier molecular flexibility index (Phi) is 4.25. The summed E-state index contributed by atoms with van der Waals surface area (Å²) in [5, 5.41) is 0. The minimum absolute atomic E-state index is 0.0253. The highest BCUT2D eigenvalue weighted by Gasteiger charge is 2.23. The number of carbonyl (C=O) groups is 1. The van der Waals surface area contributed by atoms with Gasteiger partial charge in [0, 0.05) is 11.8 Å². The predicted octanol–water partition coefficient (Wildman–Crippen LogP) is 1.15. The van der Waals surface area contributed by atoms with Crippen LogP contribution in [0, 0.1) is 6.92 Å². The number of nitrogens with two attached hydrogens (primary N) is 2. The van der Waals surface area contributed by atoms with Crippen LogP contribution < -0.4 is 11.5 Å². The van der Waals surface area contributed by atoms with Crippen LogP contribution in [-0.4, -0.2) is 36.1 Å². The first-order valence-electron chi connectivity index (χ1n) is 7.60. The van der Waals surface area contributed by atoms with Gasteiger partial charge in [0.05, 0.1) is 21.6 Å². The Morgan fingerprint density at radius 1 is 1.15 bits per heavy atom. The summed E-state index contributed by atoms with van der Waals surface area (Å²) < 4.78 is 26.6. The minimum atomic E-state index is -3.66. The lowest BCUT2D eigenvalue weighted by Crippen LogP contribution is -2.24. The van der Waals surface area contributed by atoms with Crippen molar-refractivity contribution in [2.24, 2.45) is 16.5 Å². The molecule has 0 fully saturated rings. The summed E-state index contributed by atoms with van der Waals surface area (Å²) in [5.41, 5.74) is 12.8. The smallest absolute Gasteiger partial charge is 0.280 e. The molecule has 3 aromatic rings. The number of carbonyl (C=O) groups excluding carboxylic acids is 1. The Morgan fingerprint density at radius 2 is 1.85 bits per heavy atom. The molecule has 0 atom stereocenters. The highest BCUT2D eigenvalue weighted by molar-refractivity contribution is 7.90. The Bertz CT molecular complexity index is 1160. The molecule has 8 nitrogen and oxygen atoms in total. The maximum absolute atomic E-state index is 12.5. The van der Waals surface area contributed by atoms with E-state index in [-0.39, 0.29) is 22.0 Å². The number of aromatic nitrogens is 2. The first kappa shape index (κ1) is 17.6. The highest BCUT2D eigenvalue weighted by atomic mass is 32.2. The van der Waals surface area contributed by atoms with Crippen molar-refractivity contribution >= 4 is 32.7 Å². The normalized spacial score (nSPS) is 11.5. The molecule has 0 aliphatic carbocycles. The van der Waals surface area contributed by atoms with Crippen LogP contribution in [0.4, 0.5) is 0 Å². The van der Waals surface area contributed by atoms with E-state index in [0.29, 0.717) is 5.69 Å². The van der Waals surface area contributed by atoms with Crippen LogP contribution in [0.15, 0.2) is 52.6 Å². The summed E-state index contributed by atoms with van der Waals surface area (Å²) in [7, 11) is -3.66. The van der Waals surface area contributed by atoms with Gasteiger partial charge in [-0.2, -0.15) is 4.99 Å². The summed E-state index contributed by atoms with van der Waals surface area (Å²) >= 11 is 0. The fourth-order valence-electron chi connectivity index (χ4n) is 2.90. The van der Waals surface area contributed by atoms with Gasteiger partial charge in [-0.25, -0.2) is 13.4 Å². The minimum Gasteiger partial charge on any atom is -0.370 e. The quantitative estimate of drug-likeness (QED) is 0.524. The summed E-state index contributed by atoms with van der Waals surface area (Å²) in [6.45, 7) is 1.55. The summed E-state index contributed by atoms with van der Waals surface area (Å²) in [5.74, 6) is -1.09. The van der Waals surface area contributed by atoms with Crippen molar-refractivity contribution in [2.75, 3.05) is 6.26 Å². The van der Waals surface area contributed by atoms with Gasteiger partial charge in [-0.3, -0.25) is 9.36 Å². The average Bonchev–Trinajstić information content (AvgIpc) is 2.96. The van der Waals surface area contributed by atoms with Crippen molar-refractivity contribution in [2.45, 2.75) is 11.8 Å². The molecule has 0 unspecified atom stereocenters. The second-order valence-electron chi connectivity index (χ2n) is 5.80. The SMILES string of the molecule is Cc1c(C(=O)N=C(N)N)ccc(-n2cnc3ccccc32)c1S(C)(=O)=O. The number of guanidine groups is 1. The molecule has 0 radical (unpaired) electrons. The number of para-hydroxylation sites is 2. The number of hydrogen-bond acceptors (Lipinski definition) is 4. The molecule has 2 aromatic carbocycles. The molecule has 4 N–H and O–H groups in total. The average molecular weight is 371 g/mol. The van der Waals surface area contributed by atoms with Gasteiger partial charge in [0.25, 0.3) is 5.91 Å². The van der Waals surface area contributed by atoms with Gasteiger partial charge < -0.3 is 11.5 Å². The fraction of sp³-hybridized carbons (Fsp3) is 0.118. The molecular weight excluding hydrogens is 354 g/mol. The van der Waals surface area contributed by atoms with E-state index in [0.717, 1.165) is 17.3 Å². The number of rotatable bonds is 3. The Balaban J connectivity index is 2.33. The molecule has 0 bridgehead atoms. The van der Waals surface area contributed by atoms with E-state index in [4.69, 9.17) is 11.5 Å². The Morgan fingerprint density at radius 3 is 2.50 bits per heavy atom. The molecule has 1 aromatic heterocycles. The molecule has 26 heavy (non-hydrogen) atoms. The zero-order valence-electron chi connectivity index (χ0n) is 14.2. The van der Waals surface area contributed by atoms with E-state index in [1.165, 1.54) is 6.07 Å². The number of sulfone groups is 1. The van der Waals surface area contributed by atoms with Gasteiger partial charge in [-0.1, -0.05) is 12.1 Å². The number of nitrogens with zero attached hydrogens (tertiary/aromatic N) is 3. The lowest BCUT2D eigenvalue weighted by molar-refractivity contribution is 0.100. The van der Waals surface area contributed by atoms with Crippen LogP contribution in [0.5, 0.6) is 0 Å². The summed E-state index contributed by atoms with van der Waals surface area (Å²) in [4.78, 5) is 20.0. The topological polar surface area (TPSA) is 133 Å². The van der Waals surface area contributed by atoms with Crippen LogP contribution in [0.3, 0.4) is 0 Å². The van der Waals surface area contributed by atoms with Crippen LogP contribution in [0.2, 0.25) is 0 Å². The Labute approximate surface area is 150 Å². The maximum atomic E-state index is 12.5. The van der Waals surface area contributed by atoms with Gasteiger partial charge in [0.1, 0.15) is 6.33 Å². The van der Waals surface area contributed by atoms with E-state index in [1.54, 1.807) is 23.9 Å². The predicted molar refractivity (Wildman–Crippen MR) is 99.1 cm³/mol. The summed E-state index contributed by atoms with van der Waals surface area (Å²) in [6, 6.07) is 10.4. The number of imidazole rings is 1. The molecule has 134 valence electrons. The van der Waals surface area contributed by atoms with Crippen LogP contribution in [0.1, 0.15) is 15.9 Å². The van der Waals surface area contributed by atoms with Gasteiger partial charge in [0.15, 0.2) is 15.8 Å². The lowest BCUT2D eigenvalue weighted by Gasteiger charge is -2.15. The third-order valence-corrected chi connectivity index (χ3v) is 5.19. The van der Waals surface area contributed by atoms with E-state index >= 15 is 0 Å². The van der Waals surface area contributed by atoms with Crippen molar-refractivity contribution in [3.05, 3.63) is 53.9 Å². The maximum Gasteiger partial charge on any atom is 0.280 e. The number of hydrogen-bond donors (Lipinski definition) is 2. The molecule has 3 rings (SSSR count). The number of benzene rings is 2. The molecule has 0 aliphatic rings. The zero-order chi connectivity index (χ0) is 19.1. The van der Waals surface area contributed by atoms with Gasteiger partial charge >= 0.3 is 0 Å². The van der Waals surface area contributed by atoms with Crippen LogP contribution in [0.25, 0.3) is 16.7 Å². The largest absolute Gasteiger partial charge is 0.370 e. The second-order valence-corrected chi connectivity index (χ2v) is 7.76. The number of aliphatic imine (C=N–C) groups is 1. The molecule has 1 amide bonds. The lowest BCUT2D eigenvalue weighted by atomic mass is 10.1. The van der Waals surface area contributed by atoms with Crippen molar-refractivity contribution in [3.8, 4) is 5.69 Å². The van der Waals surface area contributed by atoms with Gasteiger partial charge in [-0.05, 0) is 36.8 Å². The molecule has 9 heteroatoms. The highest BCUT2D eigenvalue weighted by Crippen LogP contribution is 2.29. The summed E-state index contributed by atoms with van der Waals surface area (Å²) in [6.07, 6.45) is 2.64. The van der Waals surface area contributed by atoms with Gasteiger partial charge in [-0.15, -0.1) is 0 Å². The number of amides is 1. The van der Waals surface area contributed by atoms with Crippen molar-refractivity contribution in [1.29, 1.82) is 0 Å². The van der Waals surface area contributed by atoms with E-state index in [2.05, 4.69) is 9.98 Å². The Hall–Kier alpha value is -3.20. The van der Waals surface area contributed by atoms with Crippen LogP contribution >= 0.6 is 0 Å². The zero-order valence-corrected chi connectivity index (χ0v) is 15.0. The van der Waals surface area contributed by atoms with Crippen molar-refractivity contribution in [3.63, 3.8) is 0 Å². The second kappa shape index (κ2) is 6.26. The molecule has 0 spiro atoms. The monoisotopic (exact) mass is 371 g/mol. The molecule has 1 heterocycles. The van der Waals surface area contributed by atoms with E-state index < -0.39 is 15.7 Å². The molecule has 0 aliphatic heterocycles. The standard InChI is InChI=1S/C17H17N5O3S/c1-10-11(16(23)21-17(18)19)7-8-14(15(10)26(2,24)25)22-9-20-12-5-3-4-6-13(12)22/h3-9H,1-2H3,(H4,18,19,21,23). The molecule has 0 saturated carbocycles. The first-order chi connectivity index (χ1) is 12.2. The van der Waals surface area contributed by atoms with E-state index in [1.807, 2.05) is 24.3 Å². The number of fused-ring (bicyclic) bond motifs is 1. The molecular formula is C17H17N5O3S. The first-order valence-corrected chi connectivity index (χ1v) is 9.49. The molecule has 0 saturated heterocycles. The van der Waals surface area contributed by atoms with Crippen molar-refractivity contribution < 1.29 is 13.2 Å². The third kappa shape index (κ3) is 3.04. The third-order valence-electron chi connectivity index (χ3n) is 3.93.